The smallest absolute Gasteiger partial charge is 0.287 e. The molecule has 2 N–H and O–H groups in total. The topological polar surface area (TPSA) is 58.0 Å². The van der Waals surface area contributed by atoms with E-state index in [1.807, 2.05) is 79.9 Å². The molecule has 0 saturated carbocycles. The first kappa shape index (κ1) is 19.5. The summed E-state index contributed by atoms with van der Waals surface area (Å²) < 4.78 is 5.84. The van der Waals surface area contributed by atoms with Gasteiger partial charge >= 0.3 is 0 Å². The number of aryl methyl sites for hydroxylation is 1. The molecule has 5 rings (SSSR count). The molecule has 3 aromatic carbocycles. The first-order valence-electron chi connectivity index (χ1n) is 10.2. The Balaban J connectivity index is 1.50. The van der Waals surface area contributed by atoms with Gasteiger partial charge in [-0.1, -0.05) is 66.2 Å². The summed E-state index contributed by atoms with van der Waals surface area (Å²) in [4.78, 5) is 16.4. The van der Waals surface area contributed by atoms with E-state index < -0.39 is 0 Å². The minimum absolute atomic E-state index is 0.113. The maximum absolute atomic E-state index is 13.0. The van der Waals surface area contributed by atoms with E-state index in [-0.39, 0.29) is 11.8 Å². The first-order chi connectivity index (χ1) is 15.1. The number of amides is 1. The number of rotatable bonds is 5. The van der Waals surface area contributed by atoms with Gasteiger partial charge in [0.05, 0.1) is 0 Å². The normalized spacial score (nSPS) is 12.3. The molecule has 5 aromatic rings. The van der Waals surface area contributed by atoms with Crippen molar-refractivity contribution < 1.29 is 9.21 Å². The highest BCUT2D eigenvalue weighted by Crippen LogP contribution is 2.34. The highest BCUT2D eigenvalue weighted by atomic mass is 35.5. The largest absolute Gasteiger partial charge is 0.451 e. The first-order valence-corrected chi connectivity index (χ1v) is 10.6. The number of nitrogens with one attached hydrogen (secondary N) is 2. The van der Waals surface area contributed by atoms with Crippen LogP contribution in [0.5, 0.6) is 0 Å². The van der Waals surface area contributed by atoms with Crippen LogP contribution in [-0.4, -0.2) is 17.4 Å². The SMILES string of the molecule is Cc1c(C(=O)NCC(c2ccccc2Cl)c2c[nH]c3ccccc23)oc2ccccc12. The van der Waals surface area contributed by atoms with E-state index in [0.29, 0.717) is 22.9 Å². The van der Waals surface area contributed by atoms with E-state index in [2.05, 4.69) is 16.4 Å². The third-order valence-corrected chi connectivity index (χ3v) is 6.14. The van der Waals surface area contributed by atoms with E-state index >= 15 is 0 Å². The number of carbonyl (C=O) groups excluding carboxylic acids is 1. The molecule has 0 aliphatic carbocycles. The standard InChI is InChI=1S/C26H21ClN2O2/c1-16-17-8-4-7-13-24(17)31-25(16)26(30)29-15-20(18-9-2-5-11-22(18)27)21-14-28-23-12-6-3-10-19(21)23/h2-14,20,28H,15H2,1H3,(H,29,30). The van der Waals surface area contributed by atoms with Crippen LogP contribution in [0.2, 0.25) is 5.02 Å². The van der Waals surface area contributed by atoms with Crippen LogP contribution < -0.4 is 5.32 Å². The molecule has 154 valence electrons. The second kappa shape index (κ2) is 7.97. The van der Waals surface area contributed by atoms with E-state index in [9.17, 15) is 4.79 Å². The number of carbonyl (C=O) groups is 1. The molecule has 0 aliphatic rings. The van der Waals surface area contributed by atoms with Crippen molar-refractivity contribution in [3.05, 3.63) is 106 Å². The van der Waals surface area contributed by atoms with Crippen molar-refractivity contribution in [1.29, 1.82) is 0 Å². The van der Waals surface area contributed by atoms with Crippen molar-refractivity contribution in [2.75, 3.05) is 6.54 Å². The number of fused-ring (bicyclic) bond motifs is 2. The number of H-pyrrole nitrogens is 1. The van der Waals surface area contributed by atoms with Gasteiger partial charge in [0, 0.05) is 45.5 Å². The molecule has 0 aliphatic heterocycles. The number of aromatic nitrogens is 1. The van der Waals surface area contributed by atoms with Gasteiger partial charge < -0.3 is 14.7 Å². The minimum Gasteiger partial charge on any atom is -0.451 e. The number of para-hydroxylation sites is 2. The van der Waals surface area contributed by atoms with E-state index in [0.717, 1.165) is 33.0 Å². The fraction of sp³-hybridized carbons (Fsp3) is 0.115. The molecule has 31 heavy (non-hydrogen) atoms. The lowest BCUT2D eigenvalue weighted by Crippen LogP contribution is -2.29. The van der Waals surface area contributed by atoms with E-state index in [4.69, 9.17) is 16.0 Å². The van der Waals surface area contributed by atoms with Crippen LogP contribution in [0.25, 0.3) is 21.9 Å². The molecule has 2 heterocycles. The molecule has 0 fully saturated rings. The predicted octanol–water partition coefficient (Wildman–Crippen LogP) is 6.44. The monoisotopic (exact) mass is 428 g/mol. The Bertz CT molecular complexity index is 1400. The summed E-state index contributed by atoms with van der Waals surface area (Å²) in [6.07, 6.45) is 2.00. The average molecular weight is 429 g/mol. The Morgan fingerprint density at radius 3 is 2.48 bits per heavy atom. The summed E-state index contributed by atoms with van der Waals surface area (Å²) in [6.45, 7) is 2.30. The maximum Gasteiger partial charge on any atom is 0.287 e. The van der Waals surface area contributed by atoms with Gasteiger partial charge in [-0.15, -0.1) is 0 Å². The summed E-state index contributed by atoms with van der Waals surface area (Å²) in [6, 6.07) is 23.6. The summed E-state index contributed by atoms with van der Waals surface area (Å²) in [5.74, 6) is 0.00196. The molecule has 2 aromatic heterocycles. The minimum atomic E-state index is -0.231. The third-order valence-electron chi connectivity index (χ3n) is 5.79. The fourth-order valence-corrected chi connectivity index (χ4v) is 4.46. The molecule has 0 bridgehead atoms. The van der Waals surface area contributed by atoms with Gasteiger partial charge in [0.15, 0.2) is 5.76 Å². The molecule has 4 nitrogen and oxygen atoms in total. The highest BCUT2D eigenvalue weighted by Gasteiger charge is 2.23. The van der Waals surface area contributed by atoms with E-state index in [1.165, 1.54) is 0 Å². The van der Waals surface area contributed by atoms with Crippen molar-refractivity contribution >= 4 is 39.4 Å². The van der Waals surface area contributed by atoms with Crippen LogP contribution in [0, 0.1) is 6.92 Å². The third kappa shape index (κ3) is 3.49. The molecule has 0 spiro atoms. The Kier molecular flexibility index (Phi) is 5.00. The summed E-state index contributed by atoms with van der Waals surface area (Å²) in [5.41, 5.74) is 4.66. The lowest BCUT2D eigenvalue weighted by Gasteiger charge is -2.19. The van der Waals surface area contributed by atoms with Gasteiger partial charge in [0.25, 0.3) is 5.91 Å². The molecule has 5 heteroatoms. The Hall–Kier alpha value is -3.50. The molecular formula is C26H21ClN2O2. The zero-order valence-corrected chi connectivity index (χ0v) is 17.7. The lowest BCUT2D eigenvalue weighted by atomic mass is 9.90. The van der Waals surface area contributed by atoms with Gasteiger partial charge in [0.2, 0.25) is 0 Å². The maximum atomic E-state index is 13.0. The quantitative estimate of drug-likeness (QED) is 0.338. The molecular weight excluding hydrogens is 408 g/mol. The zero-order valence-electron chi connectivity index (χ0n) is 17.0. The molecule has 0 saturated heterocycles. The molecule has 0 radical (unpaired) electrons. The van der Waals surface area contributed by atoms with Gasteiger partial charge in [-0.2, -0.15) is 0 Å². The van der Waals surface area contributed by atoms with E-state index in [1.54, 1.807) is 0 Å². The second-order valence-electron chi connectivity index (χ2n) is 7.63. The van der Waals surface area contributed by atoms with Crippen molar-refractivity contribution in [2.24, 2.45) is 0 Å². The number of benzene rings is 3. The van der Waals surface area contributed by atoms with Crippen LogP contribution in [0.3, 0.4) is 0 Å². The van der Waals surface area contributed by atoms with Gasteiger partial charge in [0.1, 0.15) is 5.58 Å². The highest BCUT2D eigenvalue weighted by molar-refractivity contribution is 6.31. The molecule has 1 amide bonds. The van der Waals surface area contributed by atoms with Crippen molar-refractivity contribution in [1.82, 2.24) is 10.3 Å². The lowest BCUT2D eigenvalue weighted by molar-refractivity contribution is 0.0926. The summed E-state index contributed by atoms with van der Waals surface area (Å²) in [7, 11) is 0. The van der Waals surface area contributed by atoms with Gasteiger partial charge in [-0.3, -0.25) is 4.79 Å². The summed E-state index contributed by atoms with van der Waals surface area (Å²) in [5, 5.41) is 5.81. The van der Waals surface area contributed by atoms with Crippen LogP contribution in [-0.2, 0) is 0 Å². The van der Waals surface area contributed by atoms with Crippen molar-refractivity contribution in [3.8, 4) is 0 Å². The molecule has 1 unspecified atom stereocenters. The average Bonchev–Trinajstić information content (AvgIpc) is 3.37. The van der Waals surface area contributed by atoms with Crippen LogP contribution in [0.4, 0.5) is 0 Å². The van der Waals surface area contributed by atoms with Crippen molar-refractivity contribution in [3.63, 3.8) is 0 Å². The number of hydrogen-bond donors (Lipinski definition) is 2. The molecule has 1 atom stereocenters. The van der Waals surface area contributed by atoms with Crippen LogP contribution in [0.15, 0.2) is 83.4 Å². The van der Waals surface area contributed by atoms with Gasteiger partial charge in [-0.25, -0.2) is 0 Å². The van der Waals surface area contributed by atoms with Gasteiger partial charge in [-0.05, 0) is 36.2 Å². The van der Waals surface area contributed by atoms with Crippen molar-refractivity contribution in [2.45, 2.75) is 12.8 Å². The number of halogens is 1. The number of furan rings is 1. The predicted molar refractivity (Wildman–Crippen MR) is 125 cm³/mol. The Morgan fingerprint density at radius 2 is 1.68 bits per heavy atom. The second-order valence-corrected chi connectivity index (χ2v) is 8.03. The van der Waals surface area contributed by atoms with Crippen LogP contribution >= 0.6 is 11.6 Å². The number of hydrogen-bond acceptors (Lipinski definition) is 2. The zero-order chi connectivity index (χ0) is 21.4. The Labute approximate surface area is 184 Å². The van der Waals surface area contributed by atoms with Crippen LogP contribution in [0.1, 0.15) is 33.2 Å². The Morgan fingerprint density at radius 1 is 0.968 bits per heavy atom. The fourth-order valence-electron chi connectivity index (χ4n) is 4.19. The summed E-state index contributed by atoms with van der Waals surface area (Å²) >= 11 is 6.56. The number of aromatic amines is 1.